The van der Waals surface area contributed by atoms with Gasteiger partial charge in [0.15, 0.2) is 0 Å². The third-order valence-electron chi connectivity index (χ3n) is 5.69. The second-order valence-electron chi connectivity index (χ2n) is 7.79. The largest absolute Gasteiger partial charge is 0.333 e. The molecule has 0 spiro atoms. The Hall–Kier alpha value is -3.30. The molecule has 1 unspecified atom stereocenters. The summed E-state index contributed by atoms with van der Waals surface area (Å²) in [6.07, 6.45) is 1.21. The Bertz CT molecular complexity index is 1290. The summed E-state index contributed by atoms with van der Waals surface area (Å²) in [5, 5.41) is 0. The summed E-state index contributed by atoms with van der Waals surface area (Å²) in [5.74, 6) is -0.792. The van der Waals surface area contributed by atoms with Gasteiger partial charge < -0.3 is 9.47 Å². The van der Waals surface area contributed by atoms with Crippen LogP contribution in [0.15, 0.2) is 82.6 Å². The van der Waals surface area contributed by atoms with Crippen LogP contribution in [-0.4, -0.2) is 48.2 Å². The van der Waals surface area contributed by atoms with Crippen LogP contribution in [0.3, 0.4) is 0 Å². The maximum absolute atomic E-state index is 13.5. The molecular weight excluding hydrogens is 457 g/mol. The zero-order chi connectivity index (χ0) is 24.9. The number of aromatic nitrogens is 1. The van der Waals surface area contributed by atoms with E-state index < -0.39 is 27.5 Å². The number of likely N-dealkylation sites (N-methyl/N-ethyl adjacent to an activating group) is 1. The molecule has 0 aliphatic heterocycles. The Morgan fingerprint density at radius 3 is 2.12 bits per heavy atom. The van der Waals surface area contributed by atoms with Crippen LogP contribution in [0.1, 0.15) is 31.0 Å². The monoisotopic (exact) mass is 485 g/mol. The fourth-order valence-corrected chi connectivity index (χ4v) is 5.30. The van der Waals surface area contributed by atoms with Crippen molar-refractivity contribution in [2.24, 2.45) is 0 Å². The minimum atomic E-state index is -3.79. The Morgan fingerprint density at radius 2 is 1.53 bits per heavy atom. The molecule has 7 nitrogen and oxygen atoms in total. The van der Waals surface area contributed by atoms with E-state index in [4.69, 9.17) is 0 Å². The first kappa shape index (κ1) is 25.3. The van der Waals surface area contributed by atoms with E-state index >= 15 is 0 Å². The average Bonchev–Trinajstić information content (AvgIpc) is 2.83. The summed E-state index contributed by atoms with van der Waals surface area (Å²) >= 11 is 0. The first-order chi connectivity index (χ1) is 16.2. The lowest BCUT2D eigenvalue weighted by Crippen LogP contribution is -2.37. The molecule has 1 amide bonds. The van der Waals surface area contributed by atoms with Gasteiger partial charge in [-0.05, 0) is 29.3 Å². The summed E-state index contributed by atoms with van der Waals surface area (Å²) < 4.78 is 41.6. The average molecular weight is 486 g/mol. The zero-order valence-electron chi connectivity index (χ0n) is 19.4. The highest BCUT2D eigenvalue weighted by Crippen LogP contribution is 2.28. The van der Waals surface area contributed by atoms with Crippen molar-refractivity contribution in [2.75, 3.05) is 20.1 Å². The molecule has 3 aromatic rings. The van der Waals surface area contributed by atoms with Gasteiger partial charge in [-0.1, -0.05) is 56.3 Å². The predicted octanol–water partition coefficient (Wildman–Crippen LogP) is 3.27. The lowest BCUT2D eigenvalue weighted by molar-refractivity contribution is -0.132. The van der Waals surface area contributed by atoms with Crippen LogP contribution in [0.2, 0.25) is 0 Å². The Balaban J connectivity index is 1.94. The maximum Gasteiger partial charge on any atom is 0.251 e. The number of amides is 1. The van der Waals surface area contributed by atoms with E-state index in [1.54, 1.807) is 33.0 Å². The molecule has 1 heterocycles. The topological polar surface area (TPSA) is 79.7 Å². The summed E-state index contributed by atoms with van der Waals surface area (Å²) in [4.78, 5) is 27.1. The van der Waals surface area contributed by atoms with Gasteiger partial charge in [0.2, 0.25) is 15.9 Å². The maximum atomic E-state index is 13.5. The molecule has 2 aromatic carbocycles. The van der Waals surface area contributed by atoms with Gasteiger partial charge in [0, 0.05) is 32.4 Å². The highest BCUT2D eigenvalue weighted by molar-refractivity contribution is 7.89. The number of sulfonamides is 1. The summed E-state index contributed by atoms with van der Waals surface area (Å²) in [6, 6.07) is 17.0. The van der Waals surface area contributed by atoms with E-state index in [2.05, 4.69) is 0 Å². The lowest BCUT2D eigenvalue weighted by atomic mass is 9.97. The molecule has 0 fully saturated rings. The van der Waals surface area contributed by atoms with Crippen molar-refractivity contribution < 1.29 is 17.6 Å². The quantitative estimate of drug-likeness (QED) is 0.466. The SMILES string of the molecule is CCN(CC)S(=O)(=O)c1ccc(=O)n(CC(=O)N(C)C(c2ccccc2)c2ccc(F)cc2)c1. The molecule has 1 aromatic heterocycles. The molecule has 0 N–H and O–H groups in total. The number of rotatable bonds is 9. The standard InChI is InChI=1S/C25H28FN3O4S/c1-4-29(5-2)34(32,33)22-15-16-23(30)28(17-22)18-24(31)27(3)25(19-9-7-6-8-10-19)20-11-13-21(26)14-12-20/h6-17,25H,4-5,18H2,1-3H3. The molecule has 0 radical (unpaired) electrons. The fraction of sp³-hybridized carbons (Fsp3) is 0.280. The third kappa shape index (κ3) is 5.43. The molecule has 0 bridgehead atoms. The number of halogens is 1. The van der Waals surface area contributed by atoms with Gasteiger partial charge >= 0.3 is 0 Å². The molecule has 180 valence electrons. The second kappa shape index (κ2) is 10.8. The van der Waals surface area contributed by atoms with E-state index in [9.17, 15) is 22.4 Å². The van der Waals surface area contributed by atoms with Crippen molar-refractivity contribution in [3.63, 3.8) is 0 Å². The fourth-order valence-electron chi connectivity index (χ4n) is 3.82. The summed E-state index contributed by atoms with van der Waals surface area (Å²) in [5.41, 5.74) is 1.03. The first-order valence-corrected chi connectivity index (χ1v) is 12.4. The van der Waals surface area contributed by atoms with Crippen molar-refractivity contribution >= 4 is 15.9 Å². The number of hydrogen-bond acceptors (Lipinski definition) is 4. The first-order valence-electron chi connectivity index (χ1n) is 11.0. The number of nitrogens with zero attached hydrogens (tertiary/aromatic N) is 3. The van der Waals surface area contributed by atoms with Gasteiger partial charge in [-0.2, -0.15) is 4.31 Å². The predicted molar refractivity (Wildman–Crippen MR) is 128 cm³/mol. The Kier molecular flexibility index (Phi) is 8.01. The van der Waals surface area contributed by atoms with Crippen LogP contribution in [-0.2, 0) is 21.4 Å². The number of pyridine rings is 1. The van der Waals surface area contributed by atoms with Crippen molar-refractivity contribution in [1.29, 1.82) is 0 Å². The zero-order valence-corrected chi connectivity index (χ0v) is 20.2. The van der Waals surface area contributed by atoms with Crippen LogP contribution in [0.25, 0.3) is 0 Å². The summed E-state index contributed by atoms with van der Waals surface area (Å²) in [6.45, 7) is 3.69. The van der Waals surface area contributed by atoms with E-state index in [0.29, 0.717) is 5.56 Å². The number of hydrogen-bond donors (Lipinski definition) is 0. The van der Waals surface area contributed by atoms with E-state index in [0.717, 1.165) is 16.2 Å². The number of carbonyl (C=O) groups excluding carboxylic acids is 1. The van der Waals surface area contributed by atoms with Crippen LogP contribution in [0.4, 0.5) is 4.39 Å². The number of carbonyl (C=O) groups is 1. The molecular formula is C25H28FN3O4S. The second-order valence-corrected chi connectivity index (χ2v) is 9.73. The molecule has 1 atom stereocenters. The van der Waals surface area contributed by atoms with Crippen LogP contribution < -0.4 is 5.56 Å². The van der Waals surface area contributed by atoms with Gasteiger partial charge in [0.25, 0.3) is 5.56 Å². The summed E-state index contributed by atoms with van der Waals surface area (Å²) in [7, 11) is -2.19. The van der Waals surface area contributed by atoms with E-state index in [1.165, 1.54) is 33.6 Å². The Labute approximate surface area is 199 Å². The van der Waals surface area contributed by atoms with Crippen LogP contribution in [0.5, 0.6) is 0 Å². The van der Waals surface area contributed by atoms with Crippen molar-refractivity contribution in [3.05, 3.63) is 100 Å². The van der Waals surface area contributed by atoms with Crippen molar-refractivity contribution in [2.45, 2.75) is 31.3 Å². The van der Waals surface area contributed by atoms with Crippen LogP contribution in [0, 0.1) is 5.82 Å². The molecule has 0 aliphatic carbocycles. The molecule has 0 saturated carbocycles. The molecule has 0 aliphatic rings. The lowest BCUT2D eigenvalue weighted by Gasteiger charge is -2.29. The highest BCUT2D eigenvalue weighted by Gasteiger charge is 2.26. The van der Waals surface area contributed by atoms with Gasteiger partial charge in [-0.15, -0.1) is 0 Å². The normalized spacial score (nSPS) is 12.5. The van der Waals surface area contributed by atoms with Crippen molar-refractivity contribution in [3.8, 4) is 0 Å². The molecule has 9 heteroatoms. The van der Waals surface area contributed by atoms with E-state index in [-0.39, 0.29) is 30.3 Å². The van der Waals surface area contributed by atoms with Gasteiger partial charge in [0.05, 0.1) is 10.9 Å². The minimum Gasteiger partial charge on any atom is -0.333 e. The number of benzene rings is 2. The van der Waals surface area contributed by atoms with Gasteiger partial charge in [0.1, 0.15) is 12.4 Å². The molecule has 3 rings (SSSR count). The smallest absolute Gasteiger partial charge is 0.251 e. The Morgan fingerprint density at radius 1 is 0.941 bits per heavy atom. The molecule has 34 heavy (non-hydrogen) atoms. The van der Waals surface area contributed by atoms with Crippen LogP contribution >= 0.6 is 0 Å². The third-order valence-corrected chi connectivity index (χ3v) is 7.72. The van der Waals surface area contributed by atoms with Crippen molar-refractivity contribution in [1.82, 2.24) is 13.8 Å². The van der Waals surface area contributed by atoms with Gasteiger partial charge in [-0.3, -0.25) is 9.59 Å². The van der Waals surface area contributed by atoms with E-state index in [1.807, 2.05) is 30.3 Å². The minimum absolute atomic E-state index is 0.0515. The molecule has 0 saturated heterocycles. The van der Waals surface area contributed by atoms with Gasteiger partial charge in [-0.25, -0.2) is 12.8 Å². The highest BCUT2D eigenvalue weighted by atomic mass is 32.2.